The summed E-state index contributed by atoms with van der Waals surface area (Å²) in [6.07, 6.45) is 0.698. The highest BCUT2D eigenvalue weighted by atomic mass is 35.5. The lowest BCUT2D eigenvalue weighted by Gasteiger charge is -2.33. The van der Waals surface area contributed by atoms with Gasteiger partial charge in [-0.3, -0.25) is 13.9 Å². The molecule has 1 N–H and O–H groups in total. The Bertz CT molecular complexity index is 1400. The maximum Gasteiger partial charge on any atom is 0.264 e. The van der Waals surface area contributed by atoms with Crippen molar-refractivity contribution in [1.29, 1.82) is 0 Å². The summed E-state index contributed by atoms with van der Waals surface area (Å²) >= 11 is 6.13. The highest BCUT2D eigenvalue weighted by Crippen LogP contribution is 2.29. The molecule has 7 nitrogen and oxygen atoms in total. The quantitative estimate of drug-likeness (QED) is 0.337. The molecule has 0 fully saturated rings. The molecule has 208 valence electrons. The van der Waals surface area contributed by atoms with Crippen LogP contribution in [0.1, 0.15) is 38.3 Å². The third kappa shape index (κ3) is 7.58. The predicted octanol–water partition coefficient (Wildman–Crippen LogP) is 5.31. The van der Waals surface area contributed by atoms with Crippen LogP contribution in [0, 0.1) is 12.7 Å². The molecule has 2 amide bonds. The lowest BCUT2D eigenvalue weighted by molar-refractivity contribution is -0.139. The van der Waals surface area contributed by atoms with Gasteiger partial charge < -0.3 is 10.2 Å². The Balaban J connectivity index is 2.04. The van der Waals surface area contributed by atoms with E-state index in [4.69, 9.17) is 11.6 Å². The zero-order valence-electron chi connectivity index (χ0n) is 22.4. The number of carbonyl (C=O) groups excluding carboxylic acids is 2. The first-order chi connectivity index (χ1) is 18.4. The van der Waals surface area contributed by atoms with E-state index in [1.807, 2.05) is 13.8 Å². The van der Waals surface area contributed by atoms with Crippen molar-refractivity contribution in [2.75, 3.05) is 10.8 Å². The maximum absolute atomic E-state index is 13.9. The molecule has 0 radical (unpaired) electrons. The number of sulfonamides is 1. The summed E-state index contributed by atoms with van der Waals surface area (Å²) in [5.74, 6) is -1.41. The van der Waals surface area contributed by atoms with Gasteiger partial charge in [0.05, 0.1) is 10.6 Å². The van der Waals surface area contributed by atoms with E-state index >= 15 is 0 Å². The van der Waals surface area contributed by atoms with E-state index in [1.165, 1.54) is 41.3 Å². The van der Waals surface area contributed by atoms with E-state index in [-0.39, 0.29) is 29.1 Å². The zero-order valence-corrected chi connectivity index (χ0v) is 24.0. The van der Waals surface area contributed by atoms with Crippen molar-refractivity contribution in [3.63, 3.8) is 0 Å². The fraction of sp³-hybridized carbons (Fsp3) is 0.310. The molecule has 0 aliphatic rings. The number of hydrogen-bond donors (Lipinski definition) is 1. The number of amides is 2. The fourth-order valence-electron chi connectivity index (χ4n) is 3.97. The summed E-state index contributed by atoms with van der Waals surface area (Å²) in [6.45, 7) is 6.49. The minimum atomic E-state index is -4.17. The Hall–Kier alpha value is -3.43. The van der Waals surface area contributed by atoms with Crippen LogP contribution < -0.4 is 9.62 Å². The third-order valence-electron chi connectivity index (χ3n) is 6.47. The van der Waals surface area contributed by atoms with Crippen molar-refractivity contribution < 1.29 is 22.4 Å². The standard InChI is InChI=1S/C29H33ClFN3O4S/c1-5-21(3)32-29(36)22(4)33(18-23-11-14-25(31)15-12-23)28(35)19-34(27-16-13-24(30)17-20(27)2)39(37,38)26-9-7-6-8-10-26/h6-17,21-22H,5,18-19H2,1-4H3,(H,32,36)/t21-,22-/m1/s1. The van der Waals surface area contributed by atoms with Gasteiger partial charge in [0.25, 0.3) is 10.0 Å². The monoisotopic (exact) mass is 573 g/mol. The van der Waals surface area contributed by atoms with Crippen LogP contribution in [-0.4, -0.2) is 43.8 Å². The Morgan fingerprint density at radius 3 is 2.23 bits per heavy atom. The SMILES string of the molecule is CC[C@@H](C)NC(=O)[C@@H](C)N(Cc1ccc(F)cc1)C(=O)CN(c1ccc(Cl)cc1C)S(=O)(=O)c1ccccc1. The van der Waals surface area contributed by atoms with E-state index in [9.17, 15) is 22.4 Å². The summed E-state index contributed by atoms with van der Waals surface area (Å²) < 4.78 is 42.2. The molecular formula is C29H33ClFN3O4S. The van der Waals surface area contributed by atoms with Crippen LogP contribution in [0.15, 0.2) is 77.7 Å². The number of aryl methyl sites for hydroxylation is 1. The smallest absolute Gasteiger partial charge is 0.264 e. The normalized spacial score (nSPS) is 12.9. The molecule has 0 bridgehead atoms. The number of rotatable bonds is 11. The number of nitrogens with one attached hydrogen (secondary N) is 1. The molecule has 3 aromatic rings. The second-order valence-electron chi connectivity index (χ2n) is 9.40. The van der Waals surface area contributed by atoms with Gasteiger partial charge in [-0.25, -0.2) is 12.8 Å². The van der Waals surface area contributed by atoms with Crippen LogP contribution in [0.25, 0.3) is 0 Å². The minimum Gasteiger partial charge on any atom is -0.352 e. The molecule has 0 aliphatic heterocycles. The van der Waals surface area contributed by atoms with Gasteiger partial charge >= 0.3 is 0 Å². The number of anilines is 1. The van der Waals surface area contributed by atoms with Crippen LogP contribution in [-0.2, 0) is 26.2 Å². The van der Waals surface area contributed by atoms with Crippen LogP contribution in [0.2, 0.25) is 5.02 Å². The molecule has 0 saturated heterocycles. The second kappa shape index (κ2) is 13.1. The highest BCUT2D eigenvalue weighted by molar-refractivity contribution is 7.92. The molecule has 10 heteroatoms. The van der Waals surface area contributed by atoms with Crippen molar-refractivity contribution in [3.05, 3.63) is 94.8 Å². The van der Waals surface area contributed by atoms with Crippen LogP contribution in [0.4, 0.5) is 10.1 Å². The van der Waals surface area contributed by atoms with Gasteiger partial charge in [0, 0.05) is 17.6 Å². The van der Waals surface area contributed by atoms with Gasteiger partial charge in [0.1, 0.15) is 18.4 Å². The van der Waals surface area contributed by atoms with Crippen LogP contribution in [0.3, 0.4) is 0 Å². The number of hydrogen-bond acceptors (Lipinski definition) is 4. The molecule has 0 aromatic heterocycles. The molecule has 2 atom stereocenters. The Kier molecular flexibility index (Phi) is 10.1. The zero-order chi connectivity index (χ0) is 28.7. The molecule has 3 rings (SSSR count). The van der Waals surface area contributed by atoms with Gasteiger partial charge in [-0.05, 0) is 80.8 Å². The van der Waals surface area contributed by atoms with Gasteiger partial charge in [0.15, 0.2) is 0 Å². The third-order valence-corrected chi connectivity index (χ3v) is 8.48. The summed E-state index contributed by atoms with van der Waals surface area (Å²) in [5.41, 5.74) is 1.44. The highest BCUT2D eigenvalue weighted by Gasteiger charge is 2.33. The summed E-state index contributed by atoms with van der Waals surface area (Å²) in [4.78, 5) is 28.3. The molecule has 39 heavy (non-hydrogen) atoms. The Morgan fingerprint density at radius 2 is 1.64 bits per heavy atom. The second-order valence-corrected chi connectivity index (χ2v) is 11.7. The summed E-state index contributed by atoms with van der Waals surface area (Å²) in [7, 11) is -4.17. The van der Waals surface area contributed by atoms with Gasteiger partial charge in [-0.2, -0.15) is 0 Å². The van der Waals surface area contributed by atoms with Gasteiger partial charge in [-0.15, -0.1) is 0 Å². The molecule has 0 aliphatic carbocycles. The molecule has 3 aromatic carbocycles. The van der Waals surface area contributed by atoms with E-state index in [0.29, 0.717) is 22.6 Å². The molecule has 0 heterocycles. The van der Waals surface area contributed by atoms with E-state index < -0.39 is 34.3 Å². The number of benzene rings is 3. The van der Waals surface area contributed by atoms with E-state index in [2.05, 4.69) is 5.32 Å². The van der Waals surface area contributed by atoms with E-state index in [0.717, 1.165) is 4.31 Å². The van der Waals surface area contributed by atoms with Gasteiger partial charge in [0.2, 0.25) is 11.8 Å². The fourth-order valence-corrected chi connectivity index (χ4v) is 5.69. The lowest BCUT2D eigenvalue weighted by Crippen LogP contribution is -2.52. The first-order valence-corrected chi connectivity index (χ1v) is 14.4. The average molecular weight is 574 g/mol. The van der Waals surface area contributed by atoms with Crippen molar-refractivity contribution in [2.45, 2.75) is 57.6 Å². The molecule has 0 spiro atoms. The Labute approximate surface area is 234 Å². The van der Waals surface area contributed by atoms with Crippen molar-refractivity contribution >= 4 is 39.1 Å². The largest absolute Gasteiger partial charge is 0.352 e. The first-order valence-electron chi connectivity index (χ1n) is 12.6. The van der Waals surface area contributed by atoms with Crippen LogP contribution >= 0.6 is 11.6 Å². The van der Waals surface area contributed by atoms with Gasteiger partial charge in [-0.1, -0.05) is 48.9 Å². The number of halogens is 2. The molecular weight excluding hydrogens is 541 g/mol. The van der Waals surface area contributed by atoms with Crippen molar-refractivity contribution in [2.24, 2.45) is 0 Å². The maximum atomic E-state index is 13.9. The number of carbonyl (C=O) groups is 2. The minimum absolute atomic E-state index is 0.0137. The lowest BCUT2D eigenvalue weighted by atomic mass is 10.1. The molecule has 0 unspecified atom stereocenters. The van der Waals surface area contributed by atoms with Crippen molar-refractivity contribution in [1.82, 2.24) is 10.2 Å². The van der Waals surface area contributed by atoms with Crippen molar-refractivity contribution in [3.8, 4) is 0 Å². The predicted molar refractivity (Wildman–Crippen MR) is 151 cm³/mol. The first kappa shape index (κ1) is 30.1. The summed E-state index contributed by atoms with van der Waals surface area (Å²) in [5, 5.41) is 3.30. The summed E-state index contributed by atoms with van der Waals surface area (Å²) in [6, 6.07) is 17.1. The molecule has 0 saturated carbocycles. The van der Waals surface area contributed by atoms with Crippen LogP contribution in [0.5, 0.6) is 0 Å². The topological polar surface area (TPSA) is 86.8 Å². The average Bonchev–Trinajstić information content (AvgIpc) is 2.91. The van der Waals surface area contributed by atoms with E-state index in [1.54, 1.807) is 50.2 Å². The Morgan fingerprint density at radius 1 is 1.00 bits per heavy atom. The number of nitrogens with zero attached hydrogens (tertiary/aromatic N) is 2.